The van der Waals surface area contributed by atoms with Crippen LogP contribution in [-0.2, 0) is 11.3 Å². The van der Waals surface area contributed by atoms with Gasteiger partial charge in [0.25, 0.3) is 0 Å². The van der Waals surface area contributed by atoms with Crippen LogP contribution in [0.2, 0.25) is 0 Å². The Kier molecular flexibility index (Phi) is 5.17. The number of amides is 1. The summed E-state index contributed by atoms with van der Waals surface area (Å²) < 4.78 is 1.86. The van der Waals surface area contributed by atoms with Crippen molar-refractivity contribution in [3.8, 4) is 0 Å². The van der Waals surface area contributed by atoms with Gasteiger partial charge in [0, 0.05) is 25.0 Å². The molecule has 0 bridgehead atoms. The van der Waals surface area contributed by atoms with E-state index in [2.05, 4.69) is 22.7 Å². The molecule has 1 aliphatic heterocycles. The summed E-state index contributed by atoms with van der Waals surface area (Å²) in [6, 6.07) is 2.00. The van der Waals surface area contributed by atoms with E-state index in [4.69, 9.17) is 0 Å². The molecule has 5 nitrogen and oxygen atoms in total. The highest BCUT2D eigenvalue weighted by atomic mass is 16.2. The lowest BCUT2D eigenvalue weighted by Gasteiger charge is -2.37. The minimum Gasteiger partial charge on any atom is -0.351 e. The second-order valence-corrected chi connectivity index (χ2v) is 5.91. The predicted molar refractivity (Wildman–Crippen MR) is 79.3 cm³/mol. The number of nitrogens with one attached hydrogen (secondary N) is 2. The average Bonchev–Trinajstić information content (AvgIpc) is 2.92. The molecule has 0 aliphatic carbocycles. The number of rotatable bonds is 6. The van der Waals surface area contributed by atoms with Crippen LogP contribution in [0.25, 0.3) is 0 Å². The number of aromatic nitrogens is 2. The van der Waals surface area contributed by atoms with Gasteiger partial charge in [-0.1, -0.05) is 13.3 Å². The molecule has 1 fully saturated rings. The van der Waals surface area contributed by atoms with E-state index in [0.29, 0.717) is 6.54 Å². The zero-order valence-corrected chi connectivity index (χ0v) is 12.6. The van der Waals surface area contributed by atoms with Crippen LogP contribution < -0.4 is 10.6 Å². The Morgan fingerprint density at radius 3 is 3.05 bits per heavy atom. The summed E-state index contributed by atoms with van der Waals surface area (Å²) in [4.78, 5) is 12.7. The summed E-state index contributed by atoms with van der Waals surface area (Å²) in [6.45, 7) is 6.74. The molecule has 1 aliphatic rings. The van der Waals surface area contributed by atoms with E-state index in [0.717, 1.165) is 38.8 Å². The lowest BCUT2D eigenvalue weighted by Crippen LogP contribution is -2.52. The van der Waals surface area contributed by atoms with Crippen molar-refractivity contribution >= 4 is 5.91 Å². The van der Waals surface area contributed by atoms with Gasteiger partial charge < -0.3 is 10.6 Å². The fourth-order valence-corrected chi connectivity index (χ4v) is 3.08. The van der Waals surface area contributed by atoms with Crippen molar-refractivity contribution in [2.75, 3.05) is 13.1 Å². The van der Waals surface area contributed by atoms with Crippen molar-refractivity contribution in [1.29, 1.82) is 0 Å². The summed E-state index contributed by atoms with van der Waals surface area (Å²) in [5, 5.41) is 10.7. The van der Waals surface area contributed by atoms with Crippen LogP contribution in [0.5, 0.6) is 0 Å². The smallest absolute Gasteiger partial charge is 0.227 e. The lowest BCUT2D eigenvalue weighted by molar-refractivity contribution is -0.133. The minimum absolute atomic E-state index is 0.0954. The Bertz CT molecular complexity index is 404. The molecule has 0 radical (unpaired) electrons. The molecule has 1 aromatic heterocycles. The molecule has 0 saturated carbocycles. The quantitative estimate of drug-likeness (QED) is 0.830. The van der Waals surface area contributed by atoms with Crippen molar-refractivity contribution in [2.24, 2.45) is 5.41 Å². The Labute approximate surface area is 121 Å². The van der Waals surface area contributed by atoms with Gasteiger partial charge in [0.15, 0.2) is 0 Å². The Hall–Kier alpha value is -1.36. The lowest BCUT2D eigenvalue weighted by atomic mass is 9.76. The molecule has 0 aromatic carbocycles. The van der Waals surface area contributed by atoms with Gasteiger partial charge in [0.2, 0.25) is 5.91 Å². The van der Waals surface area contributed by atoms with Crippen molar-refractivity contribution in [3.63, 3.8) is 0 Å². The first-order valence-corrected chi connectivity index (χ1v) is 7.65. The van der Waals surface area contributed by atoms with Crippen molar-refractivity contribution < 1.29 is 4.79 Å². The topological polar surface area (TPSA) is 59.0 Å². The molecular formula is C15H26N4O. The molecule has 2 atom stereocenters. The molecule has 2 N–H and O–H groups in total. The third kappa shape index (κ3) is 3.60. The zero-order valence-electron chi connectivity index (χ0n) is 12.6. The SMILES string of the molecule is CCCC1(C(=O)NC(C)Cn2cccn2)CCCNC1. The highest BCUT2D eigenvalue weighted by Crippen LogP contribution is 2.32. The second-order valence-electron chi connectivity index (χ2n) is 5.91. The summed E-state index contributed by atoms with van der Waals surface area (Å²) in [6.07, 6.45) is 7.77. The Morgan fingerprint density at radius 1 is 1.60 bits per heavy atom. The van der Waals surface area contributed by atoms with Gasteiger partial charge in [-0.2, -0.15) is 5.10 Å². The van der Waals surface area contributed by atoms with E-state index >= 15 is 0 Å². The minimum atomic E-state index is -0.217. The second kappa shape index (κ2) is 6.88. The van der Waals surface area contributed by atoms with Crippen LogP contribution in [0.3, 0.4) is 0 Å². The molecular weight excluding hydrogens is 252 g/mol. The molecule has 2 unspecified atom stereocenters. The predicted octanol–water partition coefficient (Wildman–Crippen LogP) is 1.56. The van der Waals surface area contributed by atoms with E-state index in [1.54, 1.807) is 6.20 Å². The maximum absolute atomic E-state index is 12.7. The molecule has 20 heavy (non-hydrogen) atoms. The maximum Gasteiger partial charge on any atom is 0.227 e. The zero-order chi connectivity index (χ0) is 14.4. The molecule has 1 aromatic rings. The number of carbonyl (C=O) groups excluding carboxylic acids is 1. The highest BCUT2D eigenvalue weighted by Gasteiger charge is 2.38. The summed E-state index contributed by atoms with van der Waals surface area (Å²) in [7, 11) is 0. The number of piperidine rings is 1. The number of hydrogen-bond acceptors (Lipinski definition) is 3. The van der Waals surface area contributed by atoms with E-state index in [9.17, 15) is 4.79 Å². The molecule has 0 spiro atoms. The van der Waals surface area contributed by atoms with Gasteiger partial charge in [-0.3, -0.25) is 9.48 Å². The van der Waals surface area contributed by atoms with Gasteiger partial charge in [-0.25, -0.2) is 0 Å². The summed E-state index contributed by atoms with van der Waals surface area (Å²) in [5.41, 5.74) is -0.217. The van der Waals surface area contributed by atoms with Crippen molar-refractivity contribution in [3.05, 3.63) is 18.5 Å². The average molecular weight is 278 g/mol. The fraction of sp³-hybridized carbons (Fsp3) is 0.733. The summed E-state index contributed by atoms with van der Waals surface area (Å²) >= 11 is 0. The van der Waals surface area contributed by atoms with Gasteiger partial charge in [0.1, 0.15) is 0 Å². The molecule has 5 heteroatoms. The van der Waals surface area contributed by atoms with Crippen LogP contribution in [-0.4, -0.2) is 34.8 Å². The first-order valence-electron chi connectivity index (χ1n) is 7.65. The van der Waals surface area contributed by atoms with E-state index < -0.39 is 0 Å². The maximum atomic E-state index is 12.7. The van der Waals surface area contributed by atoms with Crippen LogP contribution >= 0.6 is 0 Å². The third-order valence-corrected chi connectivity index (χ3v) is 4.08. The van der Waals surface area contributed by atoms with Gasteiger partial charge in [0.05, 0.1) is 12.0 Å². The van der Waals surface area contributed by atoms with Crippen molar-refractivity contribution in [2.45, 2.75) is 52.1 Å². The van der Waals surface area contributed by atoms with E-state index in [-0.39, 0.29) is 17.4 Å². The number of carbonyl (C=O) groups is 1. The standard InChI is InChI=1S/C15H26N4O/c1-3-6-15(7-4-8-16-12-15)14(20)18-13(2)11-19-10-5-9-17-19/h5,9-10,13,16H,3-4,6-8,11-12H2,1-2H3,(H,18,20). The molecule has 2 heterocycles. The normalized spacial score (nSPS) is 24.3. The highest BCUT2D eigenvalue weighted by molar-refractivity contribution is 5.83. The number of nitrogens with zero attached hydrogens (tertiary/aromatic N) is 2. The van der Waals surface area contributed by atoms with Crippen molar-refractivity contribution in [1.82, 2.24) is 20.4 Å². The van der Waals surface area contributed by atoms with E-state index in [1.165, 1.54) is 0 Å². The van der Waals surface area contributed by atoms with Crippen LogP contribution in [0.1, 0.15) is 39.5 Å². The Balaban J connectivity index is 1.93. The molecule has 2 rings (SSSR count). The van der Waals surface area contributed by atoms with Gasteiger partial charge in [-0.05, 0) is 38.8 Å². The molecule has 112 valence electrons. The number of hydrogen-bond donors (Lipinski definition) is 2. The first-order chi connectivity index (χ1) is 9.66. The molecule has 1 amide bonds. The monoisotopic (exact) mass is 278 g/mol. The summed E-state index contributed by atoms with van der Waals surface area (Å²) in [5.74, 6) is 0.200. The Morgan fingerprint density at radius 2 is 2.45 bits per heavy atom. The third-order valence-electron chi connectivity index (χ3n) is 4.08. The van der Waals surface area contributed by atoms with Crippen LogP contribution in [0, 0.1) is 5.41 Å². The molecule has 1 saturated heterocycles. The van der Waals surface area contributed by atoms with Crippen LogP contribution in [0.4, 0.5) is 0 Å². The van der Waals surface area contributed by atoms with Crippen LogP contribution in [0.15, 0.2) is 18.5 Å². The van der Waals surface area contributed by atoms with Gasteiger partial charge in [-0.15, -0.1) is 0 Å². The first kappa shape index (κ1) is 15.0. The van der Waals surface area contributed by atoms with Gasteiger partial charge >= 0.3 is 0 Å². The van der Waals surface area contributed by atoms with E-state index in [1.807, 2.05) is 23.9 Å². The largest absolute Gasteiger partial charge is 0.351 e. The fourth-order valence-electron chi connectivity index (χ4n) is 3.08.